The van der Waals surface area contributed by atoms with Gasteiger partial charge in [-0.25, -0.2) is 0 Å². The van der Waals surface area contributed by atoms with Gasteiger partial charge in [-0.3, -0.25) is 9.59 Å². The van der Waals surface area contributed by atoms with Crippen LogP contribution in [0.25, 0.3) is 11.1 Å². The maximum Gasteiger partial charge on any atom is 0.312 e. The molecule has 0 radical (unpaired) electrons. The average Bonchev–Trinajstić information content (AvgIpc) is 2.53. The van der Waals surface area contributed by atoms with Crippen LogP contribution in [0.5, 0.6) is 0 Å². The van der Waals surface area contributed by atoms with E-state index >= 15 is 0 Å². The van der Waals surface area contributed by atoms with Crippen LogP contribution in [0.15, 0.2) is 48.5 Å². The first-order valence-electron chi connectivity index (χ1n) is 8.61. The standard InChI is InChI=1S/C22H25ClO3/c1-21(2,3)26-20(25)22(4,5)14-15-8-6-9-16(12-15)17-10-7-11-18(13-17)19(23)24/h6-13H,14H2,1-5H3. The molecular weight excluding hydrogens is 348 g/mol. The van der Waals surface area contributed by atoms with Crippen molar-refractivity contribution in [2.24, 2.45) is 5.41 Å². The maximum atomic E-state index is 12.5. The van der Waals surface area contributed by atoms with Gasteiger partial charge in [0.25, 0.3) is 5.24 Å². The Labute approximate surface area is 160 Å². The smallest absolute Gasteiger partial charge is 0.312 e. The molecule has 0 fully saturated rings. The summed E-state index contributed by atoms with van der Waals surface area (Å²) in [5.41, 5.74) is 2.23. The van der Waals surface area contributed by atoms with E-state index in [1.54, 1.807) is 12.1 Å². The normalized spacial score (nSPS) is 11.9. The van der Waals surface area contributed by atoms with E-state index < -0.39 is 16.3 Å². The van der Waals surface area contributed by atoms with Crippen molar-refractivity contribution in [1.29, 1.82) is 0 Å². The number of carbonyl (C=O) groups excluding carboxylic acids is 2. The summed E-state index contributed by atoms with van der Waals surface area (Å²) < 4.78 is 5.54. The zero-order valence-corrected chi connectivity index (χ0v) is 16.7. The van der Waals surface area contributed by atoms with Crippen molar-refractivity contribution in [3.63, 3.8) is 0 Å². The van der Waals surface area contributed by atoms with Crippen molar-refractivity contribution in [3.8, 4) is 11.1 Å². The third-order valence-electron chi connectivity index (χ3n) is 3.95. The van der Waals surface area contributed by atoms with E-state index in [9.17, 15) is 9.59 Å². The summed E-state index contributed by atoms with van der Waals surface area (Å²) in [6.07, 6.45) is 0.559. The molecule has 0 saturated heterocycles. The Morgan fingerprint density at radius 2 is 1.50 bits per heavy atom. The summed E-state index contributed by atoms with van der Waals surface area (Å²) in [5, 5.41) is -0.478. The van der Waals surface area contributed by atoms with Gasteiger partial charge in [-0.05, 0) is 75.4 Å². The predicted molar refractivity (Wildman–Crippen MR) is 105 cm³/mol. The van der Waals surface area contributed by atoms with Crippen LogP contribution in [0.2, 0.25) is 0 Å². The molecule has 26 heavy (non-hydrogen) atoms. The van der Waals surface area contributed by atoms with Gasteiger partial charge in [-0.1, -0.05) is 42.5 Å². The molecule has 3 nitrogen and oxygen atoms in total. The minimum Gasteiger partial charge on any atom is -0.460 e. The van der Waals surface area contributed by atoms with E-state index in [1.165, 1.54) is 0 Å². The van der Waals surface area contributed by atoms with Gasteiger partial charge in [-0.2, -0.15) is 0 Å². The highest BCUT2D eigenvalue weighted by molar-refractivity contribution is 6.67. The van der Waals surface area contributed by atoms with Crippen LogP contribution in [0.1, 0.15) is 50.5 Å². The van der Waals surface area contributed by atoms with E-state index in [1.807, 2.05) is 71.0 Å². The second-order valence-corrected chi connectivity index (χ2v) is 8.46. The molecule has 0 atom stereocenters. The number of hydrogen-bond acceptors (Lipinski definition) is 3. The molecule has 0 aliphatic rings. The molecule has 0 aliphatic carbocycles. The van der Waals surface area contributed by atoms with Crippen molar-refractivity contribution < 1.29 is 14.3 Å². The molecule has 0 aromatic heterocycles. The van der Waals surface area contributed by atoms with Crippen molar-refractivity contribution >= 4 is 22.8 Å². The van der Waals surface area contributed by atoms with Crippen LogP contribution in [-0.4, -0.2) is 16.8 Å². The SMILES string of the molecule is CC(C)(C)OC(=O)C(C)(C)Cc1cccc(-c2cccc(C(=O)Cl)c2)c1. The molecule has 4 heteroatoms. The summed E-state index contributed by atoms with van der Waals surface area (Å²) in [4.78, 5) is 23.9. The van der Waals surface area contributed by atoms with Gasteiger partial charge < -0.3 is 4.74 Å². The minimum absolute atomic E-state index is 0.217. The van der Waals surface area contributed by atoms with Gasteiger partial charge in [0.2, 0.25) is 0 Å². The maximum absolute atomic E-state index is 12.5. The zero-order valence-electron chi connectivity index (χ0n) is 15.9. The molecule has 0 saturated carbocycles. The quantitative estimate of drug-likeness (QED) is 0.503. The van der Waals surface area contributed by atoms with E-state index in [0.717, 1.165) is 16.7 Å². The zero-order chi connectivity index (χ0) is 19.5. The van der Waals surface area contributed by atoms with Crippen LogP contribution in [0, 0.1) is 5.41 Å². The fourth-order valence-electron chi connectivity index (χ4n) is 2.68. The molecule has 2 aromatic carbocycles. The number of carbonyl (C=O) groups is 2. The largest absolute Gasteiger partial charge is 0.460 e. The lowest BCUT2D eigenvalue weighted by molar-refractivity contribution is -0.165. The summed E-state index contributed by atoms with van der Waals surface area (Å²) in [7, 11) is 0. The number of ether oxygens (including phenoxy) is 1. The summed E-state index contributed by atoms with van der Waals surface area (Å²) in [6, 6.07) is 15.1. The Balaban J connectivity index is 2.25. The molecule has 0 unspecified atom stereocenters. The fourth-order valence-corrected chi connectivity index (χ4v) is 2.80. The van der Waals surface area contributed by atoms with Crippen LogP contribution in [0.4, 0.5) is 0 Å². The lowest BCUT2D eigenvalue weighted by Gasteiger charge is -2.28. The van der Waals surface area contributed by atoms with Gasteiger partial charge in [0.05, 0.1) is 5.41 Å². The van der Waals surface area contributed by atoms with E-state index in [-0.39, 0.29) is 5.97 Å². The molecule has 138 valence electrons. The van der Waals surface area contributed by atoms with E-state index in [2.05, 4.69) is 0 Å². The molecule has 0 amide bonds. The Bertz CT molecular complexity index is 816. The molecule has 0 N–H and O–H groups in total. The summed E-state index contributed by atoms with van der Waals surface area (Å²) in [6.45, 7) is 9.38. The van der Waals surface area contributed by atoms with Gasteiger partial charge in [0, 0.05) is 5.56 Å². The molecule has 0 aliphatic heterocycles. The molecule has 2 aromatic rings. The van der Waals surface area contributed by atoms with E-state index in [4.69, 9.17) is 16.3 Å². The topological polar surface area (TPSA) is 43.4 Å². The molecule has 0 bridgehead atoms. The predicted octanol–water partition coefficient (Wildman–Crippen LogP) is 5.64. The van der Waals surface area contributed by atoms with Gasteiger partial charge in [0.1, 0.15) is 5.60 Å². The Kier molecular flexibility index (Phi) is 5.92. The number of halogens is 1. The van der Waals surface area contributed by atoms with Crippen molar-refractivity contribution in [2.75, 3.05) is 0 Å². The summed E-state index contributed by atoms with van der Waals surface area (Å²) in [5.74, 6) is -0.217. The number of benzene rings is 2. The second-order valence-electron chi connectivity index (χ2n) is 8.12. The molecule has 0 heterocycles. The number of rotatable bonds is 5. The van der Waals surface area contributed by atoms with Crippen LogP contribution in [-0.2, 0) is 16.0 Å². The minimum atomic E-state index is -0.639. The molecule has 0 spiro atoms. The Morgan fingerprint density at radius 3 is 2.08 bits per heavy atom. The first kappa shape index (κ1) is 20.2. The van der Waals surface area contributed by atoms with Gasteiger partial charge in [0.15, 0.2) is 0 Å². The van der Waals surface area contributed by atoms with E-state index in [0.29, 0.717) is 12.0 Å². The fraction of sp³-hybridized carbons (Fsp3) is 0.364. The third-order valence-corrected chi connectivity index (χ3v) is 4.17. The molecular formula is C22H25ClO3. The Hall–Kier alpha value is -2.13. The first-order valence-corrected chi connectivity index (χ1v) is 8.98. The van der Waals surface area contributed by atoms with Gasteiger partial charge >= 0.3 is 5.97 Å². The number of hydrogen-bond donors (Lipinski definition) is 0. The van der Waals surface area contributed by atoms with Crippen LogP contribution in [0.3, 0.4) is 0 Å². The first-order chi connectivity index (χ1) is 12.0. The lowest BCUT2D eigenvalue weighted by Crippen LogP contribution is -2.35. The number of esters is 1. The summed E-state index contributed by atoms with van der Waals surface area (Å²) >= 11 is 5.58. The molecule has 2 rings (SSSR count). The highest BCUT2D eigenvalue weighted by atomic mass is 35.5. The highest BCUT2D eigenvalue weighted by Gasteiger charge is 2.32. The second kappa shape index (κ2) is 7.63. The monoisotopic (exact) mass is 372 g/mol. The van der Waals surface area contributed by atoms with Crippen molar-refractivity contribution in [1.82, 2.24) is 0 Å². The Morgan fingerprint density at radius 1 is 0.923 bits per heavy atom. The van der Waals surface area contributed by atoms with Gasteiger partial charge in [-0.15, -0.1) is 0 Å². The van der Waals surface area contributed by atoms with Crippen molar-refractivity contribution in [2.45, 2.75) is 46.6 Å². The third kappa shape index (κ3) is 5.43. The van der Waals surface area contributed by atoms with Crippen LogP contribution >= 0.6 is 11.6 Å². The highest BCUT2D eigenvalue weighted by Crippen LogP contribution is 2.29. The average molecular weight is 373 g/mol. The lowest BCUT2D eigenvalue weighted by atomic mass is 9.85. The van der Waals surface area contributed by atoms with Crippen molar-refractivity contribution in [3.05, 3.63) is 59.7 Å². The van der Waals surface area contributed by atoms with Crippen LogP contribution < -0.4 is 0 Å².